The number of nitrogens with one attached hydrogen (secondary N) is 2. The van der Waals surface area contributed by atoms with Crippen LogP contribution >= 0.6 is 0 Å². The summed E-state index contributed by atoms with van der Waals surface area (Å²) < 4.78 is 56.5. The first-order valence-corrected chi connectivity index (χ1v) is 15.7. The minimum absolute atomic E-state index is 0.0751. The number of anilines is 4. The molecule has 42 heavy (non-hydrogen) atoms. The second-order valence-corrected chi connectivity index (χ2v) is 13.4. The molecule has 1 atom stereocenters. The lowest BCUT2D eigenvalue weighted by Crippen LogP contribution is -2.45. The van der Waals surface area contributed by atoms with Crippen LogP contribution in [0.5, 0.6) is 0 Å². The molecule has 1 aromatic carbocycles. The van der Waals surface area contributed by atoms with Gasteiger partial charge in [-0.15, -0.1) is 0 Å². The molecule has 1 aliphatic carbocycles. The molecule has 2 saturated heterocycles. The third-order valence-corrected chi connectivity index (χ3v) is 9.92. The second-order valence-electron chi connectivity index (χ2n) is 11.5. The first kappa shape index (κ1) is 28.6. The molecule has 3 fully saturated rings. The molecule has 1 spiro atoms. The highest BCUT2D eigenvalue weighted by molar-refractivity contribution is 7.92. The average Bonchev–Trinajstić information content (AvgIpc) is 3.56. The van der Waals surface area contributed by atoms with E-state index in [1.54, 1.807) is 35.1 Å². The van der Waals surface area contributed by atoms with E-state index in [1.165, 1.54) is 12.1 Å². The second kappa shape index (κ2) is 10.7. The van der Waals surface area contributed by atoms with Gasteiger partial charge in [0.25, 0.3) is 11.8 Å². The Labute approximate surface area is 242 Å². The first-order valence-electron chi connectivity index (χ1n) is 14.1. The quantitative estimate of drug-likeness (QED) is 0.308. The lowest BCUT2D eigenvalue weighted by molar-refractivity contribution is -0.0220. The summed E-state index contributed by atoms with van der Waals surface area (Å²) in [5, 5.41) is 22.9. The van der Waals surface area contributed by atoms with Gasteiger partial charge in [-0.25, -0.2) is 22.2 Å². The number of aliphatic hydroxyl groups is 2. The van der Waals surface area contributed by atoms with Crippen LogP contribution in [0.2, 0.25) is 0 Å². The van der Waals surface area contributed by atoms with E-state index >= 15 is 0 Å². The number of fused-ring (bicyclic) bond motifs is 1. The van der Waals surface area contributed by atoms with E-state index in [4.69, 9.17) is 5.11 Å². The molecular formula is C28H34F2N6O5S. The Kier molecular flexibility index (Phi) is 7.26. The highest BCUT2D eigenvalue weighted by Gasteiger charge is 2.51. The Morgan fingerprint density at radius 3 is 2.43 bits per heavy atom. The number of amides is 1. The minimum Gasteiger partial charge on any atom is -0.395 e. The van der Waals surface area contributed by atoms with E-state index in [0.717, 1.165) is 19.3 Å². The fraction of sp³-hybridized carbons (Fsp3) is 0.500. The summed E-state index contributed by atoms with van der Waals surface area (Å²) in [6.07, 6.45) is 6.59. The molecule has 2 aliphatic heterocycles. The lowest BCUT2D eigenvalue weighted by Gasteiger charge is -2.38. The average molecular weight is 605 g/mol. The molecule has 14 heteroatoms. The van der Waals surface area contributed by atoms with Gasteiger partial charge in [0.05, 0.1) is 46.8 Å². The van der Waals surface area contributed by atoms with E-state index in [1.807, 2.05) is 9.80 Å². The van der Waals surface area contributed by atoms with E-state index < -0.39 is 40.3 Å². The molecule has 0 radical (unpaired) electrons. The van der Waals surface area contributed by atoms with Crippen LogP contribution < -0.4 is 19.8 Å². The van der Waals surface area contributed by atoms with Gasteiger partial charge >= 0.3 is 0 Å². The Morgan fingerprint density at radius 1 is 1.02 bits per heavy atom. The SMILES string of the molecule is O=C(Nc1cc(N2CCC(F)(F)CC2)c2nccn2c1)c1ccc(NS(=O)(=O)CCO)cc1N1CCC2(CC2)C(O)C1. The molecule has 3 aromatic rings. The monoisotopic (exact) mass is 604 g/mol. The maximum Gasteiger partial charge on any atom is 0.257 e. The molecule has 4 heterocycles. The zero-order valence-corrected chi connectivity index (χ0v) is 23.8. The molecule has 1 amide bonds. The van der Waals surface area contributed by atoms with Crippen molar-refractivity contribution in [3.05, 3.63) is 48.4 Å². The van der Waals surface area contributed by atoms with Gasteiger partial charge in [0.15, 0.2) is 5.65 Å². The van der Waals surface area contributed by atoms with Crippen LogP contribution in [0, 0.1) is 5.41 Å². The van der Waals surface area contributed by atoms with Gasteiger partial charge in [0.2, 0.25) is 10.0 Å². The lowest BCUT2D eigenvalue weighted by atomic mass is 9.90. The van der Waals surface area contributed by atoms with Crippen molar-refractivity contribution >= 4 is 44.3 Å². The van der Waals surface area contributed by atoms with Gasteiger partial charge in [-0.2, -0.15) is 0 Å². The Morgan fingerprint density at radius 2 is 1.74 bits per heavy atom. The Balaban J connectivity index is 1.30. The summed E-state index contributed by atoms with van der Waals surface area (Å²) in [5.41, 5.74) is 2.57. The van der Waals surface area contributed by atoms with Crippen molar-refractivity contribution in [2.24, 2.45) is 5.41 Å². The Bertz CT molecular complexity index is 1600. The molecule has 11 nitrogen and oxygen atoms in total. The third-order valence-electron chi connectivity index (χ3n) is 8.65. The van der Waals surface area contributed by atoms with E-state index in [-0.39, 0.29) is 42.6 Å². The maximum atomic E-state index is 13.8. The number of β-amino-alcohol motifs (C(OH)–C–C–N with tert-alkyl or cyclic N) is 1. The minimum atomic E-state index is -3.80. The number of aromatic nitrogens is 2. The molecule has 6 rings (SSSR count). The van der Waals surface area contributed by atoms with Crippen molar-refractivity contribution in [3.8, 4) is 0 Å². The molecule has 0 bridgehead atoms. The van der Waals surface area contributed by atoms with Crippen molar-refractivity contribution in [2.45, 2.75) is 44.1 Å². The molecular weight excluding hydrogens is 570 g/mol. The van der Waals surface area contributed by atoms with Crippen LogP contribution in [-0.2, 0) is 10.0 Å². The zero-order valence-electron chi connectivity index (χ0n) is 23.0. The summed E-state index contributed by atoms with van der Waals surface area (Å²) in [7, 11) is -3.80. The van der Waals surface area contributed by atoms with Gasteiger partial charge in [-0.1, -0.05) is 0 Å². The largest absolute Gasteiger partial charge is 0.395 e. The van der Waals surface area contributed by atoms with Crippen LogP contribution in [-0.4, -0.2) is 84.5 Å². The van der Waals surface area contributed by atoms with Gasteiger partial charge in [0.1, 0.15) is 0 Å². The van der Waals surface area contributed by atoms with Gasteiger partial charge in [0, 0.05) is 57.6 Å². The van der Waals surface area contributed by atoms with Crippen molar-refractivity contribution in [3.63, 3.8) is 0 Å². The number of halogens is 2. The highest BCUT2D eigenvalue weighted by Crippen LogP contribution is 2.54. The van der Waals surface area contributed by atoms with E-state index in [2.05, 4.69) is 15.0 Å². The van der Waals surface area contributed by atoms with E-state index in [9.17, 15) is 27.1 Å². The number of sulfonamides is 1. The molecule has 1 unspecified atom stereocenters. The number of rotatable bonds is 8. The smallest absolute Gasteiger partial charge is 0.257 e. The summed E-state index contributed by atoms with van der Waals surface area (Å²) >= 11 is 0. The van der Waals surface area contributed by atoms with Crippen molar-refractivity contribution in [1.82, 2.24) is 9.38 Å². The molecule has 3 aliphatic rings. The number of hydrogen-bond acceptors (Lipinski definition) is 8. The maximum absolute atomic E-state index is 13.8. The number of piperidine rings is 2. The summed E-state index contributed by atoms with van der Waals surface area (Å²) in [4.78, 5) is 21.9. The van der Waals surface area contributed by atoms with Crippen LogP contribution in [0.4, 0.5) is 31.5 Å². The summed E-state index contributed by atoms with van der Waals surface area (Å²) in [6, 6.07) is 6.30. The molecule has 1 saturated carbocycles. The highest BCUT2D eigenvalue weighted by atomic mass is 32.2. The van der Waals surface area contributed by atoms with Crippen LogP contribution in [0.3, 0.4) is 0 Å². The standard InChI is InChI=1S/C28H34F2N6O5S/c29-28(30)6-10-34(11-7-28)23-16-20(17-36-12-8-31-25(23)36)32-26(39)21-2-1-19(33-42(40,41)14-13-37)15-22(21)35-9-5-27(3-4-27)24(38)18-35/h1-2,8,12,15-17,24,33,37-38H,3-7,9-11,13-14,18H2,(H,32,39). The topological polar surface area (TPSA) is 140 Å². The van der Waals surface area contributed by atoms with Crippen LogP contribution in [0.25, 0.3) is 5.65 Å². The summed E-state index contributed by atoms with van der Waals surface area (Å²) in [5.74, 6) is -3.63. The fourth-order valence-corrected chi connectivity index (χ4v) is 6.80. The fourth-order valence-electron chi connectivity index (χ4n) is 5.97. The normalized spacial score (nSPS) is 21.5. The molecule has 4 N–H and O–H groups in total. The van der Waals surface area contributed by atoms with Crippen molar-refractivity contribution in [1.29, 1.82) is 0 Å². The number of carbonyl (C=O) groups excluding carboxylic acids is 1. The summed E-state index contributed by atoms with van der Waals surface area (Å²) in [6.45, 7) is 0.673. The number of aliphatic hydroxyl groups excluding tert-OH is 2. The number of pyridine rings is 1. The van der Waals surface area contributed by atoms with Crippen molar-refractivity contribution in [2.75, 3.05) is 58.4 Å². The number of alkyl halides is 2. The molecule has 226 valence electrons. The number of hydrogen-bond donors (Lipinski definition) is 4. The Hall–Kier alpha value is -3.49. The van der Waals surface area contributed by atoms with Gasteiger partial charge < -0.3 is 29.7 Å². The van der Waals surface area contributed by atoms with Crippen molar-refractivity contribution < 1.29 is 32.2 Å². The third kappa shape index (κ3) is 5.75. The zero-order chi connectivity index (χ0) is 29.7. The van der Waals surface area contributed by atoms with Crippen LogP contribution in [0.1, 0.15) is 42.5 Å². The molecule has 2 aromatic heterocycles. The number of imidazole rings is 1. The number of nitrogens with zero attached hydrogens (tertiary/aromatic N) is 4. The number of carbonyl (C=O) groups is 1. The number of benzene rings is 1. The van der Waals surface area contributed by atoms with Gasteiger partial charge in [-0.05, 0) is 48.9 Å². The predicted molar refractivity (Wildman–Crippen MR) is 155 cm³/mol. The first-order chi connectivity index (χ1) is 20.0. The van der Waals surface area contributed by atoms with Crippen LogP contribution in [0.15, 0.2) is 42.9 Å². The van der Waals surface area contributed by atoms with E-state index in [0.29, 0.717) is 35.8 Å². The van der Waals surface area contributed by atoms with Gasteiger partial charge in [-0.3, -0.25) is 9.52 Å². The predicted octanol–water partition coefficient (Wildman–Crippen LogP) is 2.91.